The third kappa shape index (κ3) is 6.26. The van der Waals surface area contributed by atoms with E-state index in [1.165, 1.54) is 31.4 Å². The molecule has 13 heteroatoms. The molecule has 0 unspecified atom stereocenters. The predicted octanol–water partition coefficient (Wildman–Crippen LogP) is 5.64. The maximum Gasteiger partial charge on any atom is 0.490 e. The molecule has 3 rings (SSSR count). The fourth-order valence-corrected chi connectivity index (χ4v) is 3.52. The molecule has 0 aliphatic carbocycles. The van der Waals surface area contributed by atoms with Crippen LogP contribution in [0.4, 0.5) is 32.0 Å². The van der Waals surface area contributed by atoms with Crippen LogP contribution in [0.25, 0.3) is 11.0 Å². The van der Waals surface area contributed by atoms with E-state index in [1.54, 1.807) is 18.3 Å². The second-order valence-electron chi connectivity index (χ2n) is 7.50. The summed E-state index contributed by atoms with van der Waals surface area (Å²) < 4.78 is 86.3. The first-order valence-electron chi connectivity index (χ1n) is 10.6. The largest absolute Gasteiger partial charge is 0.490 e. The van der Waals surface area contributed by atoms with Gasteiger partial charge in [0.1, 0.15) is 31.0 Å². The van der Waals surface area contributed by atoms with Gasteiger partial charge in [0.2, 0.25) is 0 Å². The highest BCUT2D eigenvalue weighted by atomic mass is 19.4. The van der Waals surface area contributed by atoms with Crippen molar-refractivity contribution in [3.63, 3.8) is 0 Å². The molecular weight excluding hydrogens is 492 g/mol. The number of nitrogens with zero attached hydrogens (tertiary/aromatic N) is 5. The number of aromatic nitrogens is 2. The number of aliphatic imine (C=N–C) groups is 1. The summed E-state index contributed by atoms with van der Waals surface area (Å²) in [6, 6.07) is 8.48. The highest BCUT2D eigenvalue weighted by molar-refractivity contribution is 5.89. The molecule has 7 nitrogen and oxygen atoms in total. The van der Waals surface area contributed by atoms with E-state index in [2.05, 4.69) is 15.1 Å². The van der Waals surface area contributed by atoms with Crippen molar-refractivity contribution in [2.45, 2.75) is 25.8 Å². The van der Waals surface area contributed by atoms with E-state index in [4.69, 9.17) is 9.57 Å². The van der Waals surface area contributed by atoms with Crippen molar-refractivity contribution in [3.05, 3.63) is 53.9 Å². The van der Waals surface area contributed by atoms with Gasteiger partial charge in [-0.3, -0.25) is 4.99 Å². The van der Waals surface area contributed by atoms with Gasteiger partial charge in [-0.15, -0.1) is 13.2 Å². The van der Waals surface area contributed by atoms with Crippen LogP contribution < -0.4 is 9.64 Å². The van der Waals surface area contributed by atoms with E-state index in [-0.39, 0.29) is 32.9 Å². The molecule has 36 heavy (non-hydrogen) atoms. The Balaban J connectivity index is 1.93. The number of oxime groups is 1. The van der Waals surface area contributed by atoms with Gasteiger partial charge in [-0.25, -0.2) is 9.55 Å². The number of halogens is 6. The number of anilines is 1. The number of ether oxygens (including phenoxy) is 1. The van der Waals surface area contributed by atoms with Gasteiger partial charge < -0.3 is 14.5 Å². The molecule has 0 bridgehead atoms. The number of hydrogen-bond donors (Lipinski definition) is 0. The third-order valence-electron chi connectivity index (χ3n) is 5.04. The minimum atomic E-state index is -4.79. The Bertz CT molecular complexity index is 1250. The summed E-state index contributed by atoms with van der Waals surface area (Å²) in [6.45, 7) is 1.98. The number of benzene rings is 2. The zero-order valence-corrected chi connectivity index (χ0v) is 19.6. The fourth-order valence-electron chi connectivity index (χ4n) is 3.52. The Morgan fingerprint density at radius 1 is 1.11 bits per heavy atom. The molecule has 0 spiro atoms. The van der Waals surface area contributed by atoms with Crippen molar-refractivity contribution < 1.29 is 35.9 Å². The van der Waals surface area contributed by atoms with Crippen LogP contribution in [-0.2, 0) is 23.7 Å². The molecule has 0 atom stereocenters. The monoisotopic (exact) mass is 515 g/mol. The van der Waals surface area contributed by atoms with Crippen molar-refractivity contribution in [2.75, 3.05) is 32.2 Å². The van der Waals surface area contributed by atoms with E-state index < -0.39 is 31.1 Å². The zero-order valence-electron chi connectivity index (χ0n) is 19.6. The van der Waals surface area contributed by atoms with Crippen LogP contribution in [0, 0.1) is 0 Å². The second kappa shape index (κ2) is 10.9. The smallest absolute Gasteiger partial charge is 0.487 e. The fraction of sp³-hybridized carbons (Fsp3) is 0.348. The molecule has 0 fully saturated rings. The van der Waals surface area contributed by atoms with Crippen molar-refractivity contribution >= 4 is 28.8 Å². The van der Waals surface area contributed by atoms with Crippen LogP contribution in [0.3, 0.4) is 0 Å². The first-order chi connectivity index (χ1) is 17.0. The molecule has 0 aliphatic heterocycles. The van der Waals surface area contributed by atoms with Crippen LogP contribution in [0.2, 0.25) is 0 Å². The topological polar surface area (TPSA) is 64.2 Å². The van der Waals surface area contributed by atoms with Crippen molar-refractivity contribution in [1.29, 1.82) is 0 Å². The van der Waals surface area contributed by atoms with Crippen LogP contribution in [0.5, 0.6) is 5.75 Å². The van der Waals surface area contributed by atoms with Gasteiger partial charge in [0.15, 0.2) is 0 Å². The molecule has 194 valence electrons. The van der Waals surface area contributed by atoms with Gasteiger partial charge in [-0.05, 0) is 43.3 Å². The Hall–Kier alpha value is -3.77. The molecule has 0 radical (unpaired) electrons. The first kappa shape index (κ1) is 26.8. The Morgan fingerprint density at radius 2 is 1.86 bits per heavy atom. The third-order valence-corrected chi connectivity index (χ3v) is 5.04. The number of rotatable bonds is 9. The number of imidazole rings is 1. The Labute approximate surface area is 202 Å². The Kier molecular flexibility index (Phi) is 8.10. The maximum atomic E-state index is 14.0. The molecular formula is C23H23F6N5O2. The molecule has 0 N–H and O–H groups in total. The lowest BCUT2D eigenvalue weighted by Crippen LogP contribution is -2.23. The molecule has 0 saturated carbocycles. The lowest BCUT2D eigenvalue weighted by atomic mass is 10.2. The van der Waals surface area contributed by atoms with Crippen LogP contribution >= 0.6 is 0 Å². The molecule has 0 aliphatic rings. The van der Waals surface area contributed by atoms with E-state index >= 15 is 0 Å². The van der Waals surface area contributed by atoms with Crippen LogP contribution in [-0.4, -0.2) is 48.9 Å². The minimum absolute atomic E-state index is 0.00996. The molecule has 0 amide bonds. The summed E-state index contributed by atoms with van der Waals surface area (Å²) in [5, 5.41) is 3.71. The zero-order chi connectivity index (χ0) is 26.5. The summed E-state index contributed by atoms with van der Waals surface area (Å²) in [5.74, 6) is -0.509. The number of alkyl halides is 6. The van der Waals surface area contributed by atoms with E-state index in [0.29, 0.717) is 12.2 Å². The molecule has 0 saturated heterocycles. The molecule has 1 aromatic heterocycles. The maximum absolute atomic E-state index is 14.0. The second-order valence-corrected chi connectivity index (χ2v) is 7.50. The highest BCUT2D eigenvalue weighted by Crippen LogP contribution is 2.33. The molecule has 3 aromatic rings. The highest BCUT2D eigenvalue weighted by Gasteiger charge is 2.36. The SMILES string of the molecule is CCN(C=NC)c1ccc2c(c1)nc(C/C(COc1cccc(C(F)(F)F)c1)=N/OC)n2C(F)(F)F. The van der Waals surface area contributed by atoms with E-state index in [9.17, 15) is 26.3 Å². The van der Waals surface area contributed by atoms with Gasteiger partial charge in [0.25, 0.3) is 0 Å². The summed E-state index contributed by atoms with van der Waals surface area (Å²) in [5.41, 5.74) is -0.398. The average molecular weight is 515 g/mol. The standard InChI is InChI=1S/C23H23F6N5O2/c1-4-33(14-30-2)17-8-9-20-19(12-17)31-21(34(20)23(27,28)29)11-16(32-35-3)13-36-18-7-5-6-15(10-18)22(24,25)26/h5-10,12,14H,4,11,13H2,1-3H3/b30-14?,32-16-. The van der Waals surface area contributed by atoms with Gasteiger partial charge >= 0.3 is 12.5 Å². The van der Waals surface area contributed by atoms with Gasteiger partial charge in [0.05, 0.1) is 29.4 Å². The first-order valence-corrected chi connectivity index (χ1v) is 10.6. The van der Waals surface area contributed by atoms with Crippen molar-refractivity contribution in [1.82, 2.24) is 9.55 Å². The minimum Gasteiger partial charge on any atom is -0.487 e. The summed E-state index contributed by atoms with van der Waals surface area (Å²) in [6.07, 6.45) is -8.24. The van der Waals surface area contributed by atoms with Crippen LogP contribution in [0.1, 0.15) is 18.3 Å². The summed E-state index contributed by atoms with van der Waals surface area (Å²) >= 11 is 0. The van der Waals surface area contributed by atoms with E-state index in [1.807, 2.05) is 6.92 Å². The molecule has 2 aromatic carbocycles. The summed E-state index contributed by atoms with van der Waals surface area (Å²) in [4.78, 5) is 14.6. The van der Waals surface area contributed by atoms with Crippen LogP contribution in [0.15, 0.2) is 52.6 Å². The van der Waals surface area contributed by atoms with Gasteiger partial charge in [-0.1, -0.05) is 11.2 Å². The normalized spacial score (nSPS) is 13.0. The quantitative estimate of drug-likeness (QED) is 0.160. The van der Waals surface area contributed by atoms with Crippen molar-refractivity contribution in [3.8, 4) is 5.75 Å². The Morgan fingerprint density at radius 3 is 2.47 bits per heavy atom. The lowest BCUT2D eigenvalue weighted by Gasteiger charge is -2.17. The average Bonchev–Trinajstić information content (AvgIpc) is 3.18. The predicted molar refractivity (Wildman–Crippen MR) is 124 cm³/mol. The molecule has 1 heterocycles. The van der Waals surface area contributed by atoms with Crippen molar-refractivity contribution in [2.24, 2.45) is 10.1 Å². The van der Waals surface area contributed by atoms with E-state index in [0.717, 1.165) is 18.2 Å². The number of fused-ring (bicyclic) bond motifs is 1. The van der Waals surface area contributed by atoms with Gasteiger partial charge in [-0.2, -0.15) is 13.2 Å². The lowest BCUT2D eigenvalue weighted by molar-refractivity contribution is -0.202. The summed E-state index contributed by atoms with van der Waals surface area (Å²) in [7, 11) is 2.77. The number of hydrogen-bond acceptors (Lipinski definition) is 5. The van der Waals surface area contributed by atoms with Gasteiger partial charge in [0, 0.05) is 19.3 Å².